The molecule has 3 aromatic carbocycles. The predicted molar refractivity (Wildman–Crippen MR) is 143 cm³/mol. The van der Waals surface area contributed by atoms with Crippen molar-refractivity contribution in [3.63, 3.8) is 0 Å². The molecule has 2 atom stereocenters. The van der Waals surface area contributed by atoms with Gasteiger partial charge in [-0.15, -0.1) is 0 Å². The molecule has 3 amide bonds. The smallest absolute Gasteiger partial charge is 0.251 e. The topological polar surface area (TPSA) is 78.5 Å². The first-order valence-electron chi connectivity index (χ1n) is 12.7. The number of nitrogens with zero attached hydrogens (tertiary/aromatic N) is 1. The summed E-state index contributed by atoms with van der Waals surface area (Å²) in [5.74, 6) is -0.178. The highest BCUT2D eigenvalue weighted by atomic mass is 35.5. The summed E-state index contributed by atoms with van der Waals surface area (Å²) < 4.78 is 0. The monoisotopic (exact) mass is 503 g/mol. The van der Waals surface area contributed by atoms with Crippen LogP contribution < -0.4 is 15.5 Å². The Kier molecular flexibility index (Phi) is 7.23. The van der Waals surface area contributed by atoms with E-state index >= 15 is 0 Å². The Morgan fingerprint density at radius 1 is 0.750 bits per heavy atom. The minimum atomic E-state index is -0.166. The lowest BCUT2D eigenvalue weighted by Gasteiger charge is -2.33. The Labute approximate surface area is 216 Å². The zero-order valence-corrected chi connectivity index (χ0v) is 20.9. The molecule has 1 saturated carbocycles. The second kappa shape index (κ2) is 10.7. The largest absolute Gasteiger partial charge is 0.347 e. The molecule has 2 unspecified atom stereocenters. The summed E-state index contributed by atoms with van der Waals surface area (Å²) in [4.78, 5) is 40.1. The number of hydrogen-bond donors (Lipinski definition) is 2. The summed E-state index contributed by atoms with van der Waals surface area (Å²) in [6.07, 6.45) is 6.14. The number of amides is 3. The van der Waals surface area contributed by atoms with Crippen molar-refractivity contribution >= 4 is 45.8 Å². The van der Waals surface area contributed by atoms with E-state index in [0.717, 1.165) is 61.5 Å². The number of fused-ring (bicyclic) bond motifs is 1. The molecule has 186 valence electrons. The van der Waals surface area contributed by atoms with Gasteiger partial charge in [-0.1, -0.05) is 36.6 Å². The van der Waals surface area contributed by atoms with Gasteiger partial charge in [-0.2, -0.15) is 0 Å². The molecule has 7 heteroatoms. The molecule has 6 nitrogen and oxygen atoms in total. The second-order valence-corrected chi connectivity index (χ2v) is 10.1. The van der Waals surface area contributed by atoms with Gasteiger partial charge in [-0.25, -0.2) is 0 Å². The SMILES string of the molecule is O=C(NC1CCCCC1NC(=O)c1ccc2cc(Cl)ccc2c1)c1ccc(N2CCCCC2=O)cc1. The van der Waals surface area contributed by atoms with Crippen LogP contribution in [0.5, 0.6) is 0 Å². The summed E-state index contributed by atoms with van der Waals surface area (Å²) in [6, 6.07) is 18.1. The van der Waals surface area contributed by atoms with Crippen molar-refractivity contribution in [3.05, 3.63) is 76.8 Å². The molecule has 0 aromatic heterocycles. The number of nitrogens with one attached hydrogen (secondary N) is 2. The first-order chi connectivity index (χ1) is 17.5. The molecule has 36 heavy (non-hydrogen) atoms. The van der Waals surface area contributed by atoms with Crippen molar-refractivity contribution in [2.75, 3.05) is 11.4 Å². The number of carbonyl (C=O) groups is 3. The third kappa shape index (κ3) is 5.39. The lowest BCUT2D eigenvalue weighted by atomic mass is 9.89. The maximum absolute atomic E-state index is 13.1. The van der Waals surface area contributed by atoms with Gasteiger partial charge in [0.05, 0.1) is 0 Å². The Bertz CT molecular complexity index is 1290. The van der Waals surface area contributed by atoms with E-state index in [0.29, 0.717) is 22.6 Å². The van der Waals surface area contributed by atoms with Crippen LogP contribution in [-0.2, 0) is 4.79 Å². The fourth-order valence-electron chi connectivity index (χ4n) is 5.21. The van der Waals surface area contributed by atoms with Crippen molar-refractivity contribution in [1.29, 1.82) is 0 Å². The molecule has 5 rings (SSSR count). The number of halogens is 1. The molecule has 1 heterocycles. The number of benzene rings is 3. The first kappa shape index (κ1) is 24.3. The maximum Gasteiger partial charge on any atom is 0.251 e. The van der Waals surface area contributed by atoms with Crippen LogP contribution in [-0.4, -0.2) is 36.3 Å². The second-order valence-electron chi connectivity index (χ2n) is 9.70. The fourth-order valence-corrected chi connectivity index (χ4v) is 5.39. The van der Waals surface area contributed by atoms with Gasteiger partial charge in [0.2, 0.25) is 5.91 Å². The molecular formula is C29H30ClN3O3. The number of piperidine rings is 1. The first-order valence-corrected chi connectivity index (χ1v) is 13.1. The summed E-state index contributed by atoms with van der Waals surface area (Å²) in [7, 11) is 0. The van der Waals surface area contributed by atoms with E-state index in [-0.39, 0.29) is 29.8 Å². The molecule has 1 saturated heterocycles. The summed E-state index contributed by atoms with van der Waals surface area (Å²) in [5.41, 5.74) is 1.96. The zero-order chi connectivity index (χ0) is 25.1. The summed E-state index contributed by atoms with van der Waals surface area (Å²) >= 11 is 6.07. The normalized spacial score (nSPS) is 20.2. The van der Waals surface area contributed by atoms with Crippen LogP contribution in [0.15, 0.2) is 60.7 Å². The van der Waals surface area contributed by atoms with Crippen molar-refractivity contribution in [2.45, 2.75) is 57.0 Å². The number of anilines is 1. The van der Waals surface area contributed by atoms with Crippen LogP contribution in [0, 0.1) is 0 Å². The average molecular weight is 504 g/mol. The molecular weight excluding hydrogens is 474 g/mol. The Morgan fingerprint density at radius 3 is 2.06 bits per heavy atom. The average Bonchev–Trinajstić information content (AvgIpc) is 2.90. The van der Waals surface area contributed by atoms with E-state index < -0.39 is 0 Å². The van der Waals surface area contributed by atoms with Crippen LogP contribution >= 0.6 is 11.6 Å². The maximum atomic E-state index is 13.1. The van der Waals surface area contributed by atoms with Crippen molar-refractivity contribution in [3.8, 4) is 0 Å². The third-order valence-electron chi connectivity index (χ3n) is 7.23. The van der Waals surface area contributed by atoms with Gasteiger partial charge in [0.25, 0.3) is 11.8 Å². The van der Waals surface area contributed by atoms with Crippen LogP contribution in [0.25, 0.3) is 10.8 Å². The van der Waals surface area contributed by atoms with Gasteiger partial charge < -0.3 is 15.5 Å². The number of carbonyl (C=O) groups excluding carboxylic acids is 3. The lowest BCUT2D eigenvalue weighted by molar-refractivity contribution is -0.119. The number of rotatable bonds is 5. The zero-order valence-electron chi connectivity index (χ0n) is 20.1. The van der Waals surface area contributed by atoms with Crippen molar-refractivity contribution in [1.82, 2.24) is 10.6 Å². The fraction of sp³-hybridized carbons (Fsp3) is 0.345. The van der Waals surface area contributed by atoms with Gasteiger partial charge in [-0.3, -0.25) is 14.4 Å². The van der Waals surface area contributed by atoms with E-state index in [1.807, 2.05) is 42.5 Å². The van der Waals surface area contributed by atoms with Gasteiger partial charge in [0.1, 0.15) is 0 Å². The number of hydrogen-bond acceptors (Lipinski definition) is 3. The molecule has 0 bridgehead atoms. The highest BCUT2D eigenvalue weighted by molar-refractivity contribution is 6.31. The molecule has 2 aliphatic rings. The van der Waals surface area contributed by atoms with Crippen molar-refractivity contribution in [2.24, 2.45) is 0 Å². The minimum Gasteiger partial charge on any atom is -0.347 e. The van der Waals surface area contributed by atoms with Crippen LogP contribution in [0.2, 0.25) is 5.02 Å². The van der Waals surface area contributed by atoms with Gasteiger partial charge in [0.15, 0.2) is 0 Å². The van der Waals surface area contributed by atoms with Gasteiger partial charge in [-0.05, 0) is 85.0 Å². The third-order valence-corrected chi connectivity index (χ3v) is 7.46. The Balaban J connectivity index is 1.24. The molecule has 2 N–H and O–H groups in total. The highest BCUT2D eigenvalue weighted by Crippen LogP contribution is 2.24. The highest BCUT2D eigenvalue weighted by Gasteiger charge is 2.28. The Morgan fingerprint density at radius 2 is 1.36 bits per heavy atom. The van der Waals surface area contributed by atoms with E-state index in [2.05, 4.69) is 10.6 Å². The van der Waals surface area contributed by atoms with E-state index in [4.69, 9.17) is 11.6 Å². The molecule has 2 fully saturated rings. The van der Waals surface area contributed by atoms with E-state index in [1.165, 1.54) is 0 Å². The van der Waals surface area contributed by atoms with E-state index in [9.17, 15) is 14.4 Å². The standard InChI is InChI=1S/C29H30ClN3O3/c30-23-13-10-20-17-22(9-8-21(20)18-23)29(36)32-26-6-2-1-5-25(26)31-28(35)19-11-14-24(15-12-19)33-16-4-3-7-27(33)34/h8-15,17-18,25-26H,1-7,16H2,(H,31,35)(H,32,36). The summed E-state index contributed by atoms with van der Waals surface area (Å²) in [6.45, 7) is 0.721. The van der Waals surface area contributed by atoms with Crippen LogP contribution in [0.3, 0.4) is 0 Å². The molecule has 1 aliphatic heterocycles. The lowest BCUT2D eigenvalue weighted by Crippen LogP contribution is -2.53. The van der Waals surface area contributed by atoms with Crippen LogP contribution in [0.1, 0.15) is 65.7 Å². The van der Waals surface area contributed by atoms with Crippen molar-refractivity contribution < 1.29 is 14.4 Å². The Hall–Kier alpha value is -3.38. The molecule has 1 aliphatic carbocycles. The van der Waals surface area contributed by atoms with Gasteiger partial charge in [0, 0.05) is 46.9 Å². The predicted octanol–water partition coefficient (Wildman–Crippen LogP) is 5.48. The molecule has 0 radical (unpaired) electrons. The quantitative estimate of drug-likeness (QED) is 0.484. The molecule has 3 aromatic rings. The van der Waals surface area contributed by atoms with Gasteiger partial charge >= 0.3 is 0 Å². The molecule has 0 spiro atoms. The van der Waals surface area contributed by atoms with Crippen LogP contribution in [0.4, 0.5) is 5.69 Å². The van der Waals surface area contributed by atoms with E-state index in [1.54, 1.807) is 23.1 Å². The minimum absolute atomic E-state index is 0.134. The summed E-state index contributed by atoms with van der Waals surface area (Å²) in [5, 5.41) is 8.89.